The SMILES string of the molecule is CC.Cc1c(CC2CC2)cc[nH]c1=O. The Morgan fingerprint density at radius 2 is 2.07 bits per heavy atom. The van der Waals surface area contributed by atoms with Gasteiger partial charge in [-0.25, -0.2) is 0 Å². The van der Waals surface area contributed by atoms with Crippen molar-refractivity contribution in [1.29, 1.82) is 0 Å². The molecule has 1 aromatic rings. The van der Waals surface area contributed by atoms with Gasteiger partial charge in [-0.15, -0.1) is 0 Å². The fourth-order valence-corrected chi connectivity index (χ4v) is 1.45. The van der Waals surface area contributed by atoms with Crippen LogP contribution in [0, 0.1) is 12.8 Å². The van der Waals surface area contributed by atoms with Crippen molar-refractivity contribution < 1.29 is 0 Å². The maximum Gasteiger partial charge on any atom is 0.251 e. The molecule has 2 heteroatoms. The second kappa shape index (κ2) is 4.99. The molecule has 2 nitrogen and oxygen atoms in total. The van der Waals surface area contributed by atoms with E-state index in [1.54, 1.807) is 6.20 Å². The van der Waals surface area contributed by atoms with Crippen molar-refractivity contribution >= 4 is 0 Å². The van der Waals surface area contributed by atoms with Crippen molar-refractivity contribution in [1.82, 2.24) is 4.98 Å². The fraction of sp³-hybridized carbons (Fsp3) is 0.583. The summed E-state index contributed by atoms with van der Waals surface area (Å²) in [6.45, 7) is 5.90. The van der Waals surface area contributed by atoms with E-state index in [-0.39, 0.29) is 5.56 Å². The van der Waals surface area contributed by atoms with Crippen LogP contribution in [0.15, 0.2) is 17.1 Å². The molecule has 0 atom stereocenters. The van der Waals surface area contributed by atoms with Crippen LogP contribution in [0.1, 0.15) is 37.8 Å². The van der Waals surface area contributed by atoms with E-state index in [4.69, 9.17) is 0 Å². The van der Waals surface area contributed by atoms with Gasteiger partial charge >= 0.3 is 0 Å². The molecule has 14 heavy (non-hydrogen) atoms. The molecule has 1 fully saturated rings. The molecule has 1 aliphatic carbocycles. The first kappa shape index (κ1) is 11.0. The summed E-state index contributed by atoms with van der Waals surface area (Å²) in [5, 5.41) is 0. The third kappa shape index (κ3) is 2.72. The summed E-state index contributed by atoms with van der Waals surface area (Å²) in [6, 6.07) is 2.02. The van der Waals surface area contributed by atoms with Crippen LogP contribution in [0.5, 0.6) is 0 Å². The molecule has 0 unspecified atom stereocenters. The number of hydrogen-bond acceptors (Lipinski definition) is 1. The molecule has 0 aliphatic heterocycles. The predicted octanol–water partition coefficient (Wildman–Crippen LogP) is 2.66. The van der Waals surface area contributed by atoms with Gasteiger partial charge in [0.05, 0.1) is 0 Å². The Labute approximate surface area is 85.4 Å². The highest BCUT2D eigenvalue weighted by Gasteiger charge is 2.22. The lowest BCUT2D eigenvalue weighted by molar-refractivity contribution is 0.820. The molecule has 0 radical (unpaired) electrons. The van der Waals surface area contributed by atoms with Gasteiger partial charge in [-0.3, -0.25) is 4.79 Å². The molecule has 1 aromatic heterocycles. The van der Waals surface area contributed by atoms with E-state index in [0.717, 1.165) is 17.9 Å². The minimum absolute atomic E-state index is 0.0631. The Bertz CT molecular complexity index is 336. The van der Waals surface area contributed by atoms with Crippen LogP contribution in [0.4, 0.5) is 0 Å². The third-order valence-corrected chi connectivity index (χ3v) is 2.53. The normalized spacial score (nSPS) is 14.5. The van der Waals surface area contributed by atoms with Crippen molar-refractivity contribution in [2.75, 3.05) is 0 Å². The average molecular weight is 193 g/mol. The molecule has 1 N–H and O–H groups in total. The Morgan fingerprint density at radius 3 is 2.64 bits per heavy atom. The second-order valence-corrected chi connectivity index (χ2v) is 3.60. The Morgan fingerprint density at radius 1 is 1.43 bits per heavy atom. The van der Waals surface area contributed by atoms with E-state index in [0.29, 0.717) is 0 Å². The van der Waals surface area contributed by atoms with Crippen molar-refractivity contribution in [3.63, 3.8) is 0 Å². The van der Waals surface area contributed by atoms with E-state index >= 15 is 0 Å². The van der Waals surface area contributed by atoms with E-state index in [2.05, 4.69) is 4.98 Å². The summed E-state index contributed by atoms with van der Waals surface area (Å²) in [5.41, 5.74) is 2.18. The molecule has 0 bridgehead atoms. The van der Waals surface area contributed by atoms with Crippen LogP contribution in [-0.4, -0.2) is 4.98 Å². The summed E-state index contributed by atoms with van der Waals surface area (Å²) in [4.78, 5) is 13.9. The Hall–Kier alpha value is -1.05. The van der Waals surface area contributed by atoms with Crippen LogP contribution >= 0.6 is 0 Å². The lowest BCUT2D eigenvalue weighted by Gasteiger charge is -2.01. The molecule has 0 saturated heterocycles. The first-order valence-electron chi connectivity index (χ1n) is 5.44. The van der Waals surface area contributed by atoms with Crippen molar-refractivity contribution in [2.45, 2.75) is 40.0 Å². The number of nitrogens with one attached hydrogen (secondary N) is 1. The zero-order valence-electron chi connectivity index (χ0n) is 9.26. The molecule has 1 aliphatic rings. The van der Waals surface area contributed by atoms with E-state index in [1.165, 1.54) is 18.4 Å². The highest BCUT2D eigenvalue weighted by molar-refractivity contribution is 5.22. The maximum atomic E-state index is 11.2. The smallest absolute Gasteiger partial charge is 0.251 e. The van der Waals surface area contributed by atoms with Gasteiger partial charge in [-0.1, -0.05) is 13.8 Å². The summed E-state index contributed by atoms with van der Waals surface area (Å²) in [5.74, 6) is 0.852. The molecular weight excluding hydrogens is 174 g/mol. The van der Waals surface area contributed by atoms with Crippen LogP contribution < -0.4 is 5.56 Å². The molecule has 0 aromatic carbocycles. The number of aromatic amines is 1. The topological polar surface area (TPSA) is 32.9 Å². The molecule has 2 rings (SSSR count). The fourth-order valence-electron chi connectivity index (χ4n) is 1.45. The molecule has 0 spiro atoms. The largest absolute Gasteiger partial charge is 0.329 e. The standard InChI is InChI=1S/C10H13NO.C2H6/c1-7-9(6-8-2-3-8)4-5-11-10(7)12;1-2/h4-5,8H,2-3,6H2,1H3,(H,11,12);1-2H3. The monoisotopic (exact) mass is 193 g/mol. The lowest BCUT2D eigenvalue weighted by Crippen LogP contribution is -2.11. The quantitative estimate of drug-likeness (QED) is 0.769. The van der Waals surface area contributed by atoms with Crippen molar-refractivity contribution in [2.24, 2.45) is 5.92 Å². The van der Waals surface area contributed by atoms with E-state index < -0.39 is 0 Å². The number of hydrogen-bond donors (Lipinski definition) is 1. The van der Waals surface area contributed by atoms with Gasteiger partial charge in [0.2, 0.25) is 0 Å². The first-order valence-corrected chi connectivity index (χ1v) is 5.44. The van der Waals surface area contributed by atoms with Gasteiger partial charge in [0.1, 0.15) is 0 Å². The lowest BCUT2D eigenvalue weighted by atomic mass is 10.1. The second-order valence-electron chi connectivity index (χ2n) is 3.60. The number of H-pyrrole nitrogens is 1. The summed E-state index contributed by atoms with van der Waals surface area (Å²) in [7, 11) is 0. The van der Waals surface area contributed by atoms with Gasteiger partial charge in [-0.2, -0.15) is 0 Å². The average Bonchev–Trinajstić information content (AvgIpc) is 3.00. The molecule has 1 saturated carbocycles. The molecule has 0 amide bonds. The van der Waals surface area contributed by atoms with Gasteiger partial charge in [0.15, 0.2) is 0 Å². The predicted molar refractivity (Wildman–Crippen MR) is 59.6 cm³/mol. The van der Waals surface area contributed by atoms with Gasteiger partial charge < -0.3 is 4.98 Å². The third-order valence-electron chi connectivity index (χ3n) is 2.53. The minimum Gasteiger partial charge on any atom is -0.329 e. The van der Waals surface area contributed by atoms with Gasteiger partial charge in [-0.05, 0) is 43.7 Å². The first-order chi connectivity index (χ1) is 6.77. The zero-order chi connectivity index (χ0) is 10.6. The van der Waals surface area contributed by atoms with E-state index in [9.17, 15) is 4.79 Å². The number of pyridine rings is 1. The molecular formula is C12H19NO. The van der Waals surface area contributed by atoms with Crippen LogP contribution in [0.25, 0.3) is 0 Å². The molecule has 1 heterocycles. The Kier molecular flexibility index (Phi) is 3.93. The summed E-state index contributed by atoms with van der Waals surface area (Å²) < 4.78 is 0. The van der Waals surface area contributed by atoms with E-state index in [1.807, 2.05) is 26.8 Å². The van der Waals surface area contributed by atoms with Gasteiger partial charge in [0.25, 0.3) is 5.56 Å². The minimum atomic E-state index is 0.0631. The summed E-state index contributed by atoms with van der Waals surface area (Å²) in [6.07, 6.45) is 5.52. The van der Waals surface area contributed by atoms with Crippen molar-refractivity contribution in [3.8, 4) is 0 Å². The van der Waals surface area contributed by atoms with Crippen LogP contribution in [0.2, 0.25) is 0 Å². The zero-order valence-corrected chi connectivity index (χ0v) is 9.26. The maximum absolute atomic E-state index is 11.2. The Balaban J connectivity index is 0.000000461. The van der Waals surface area contributed by atoms with Crippen molar-refractivity contribution in [3.05, 3.63) is 33.7 Å². The number of rotatable bonds is 2. The summed E-state index contributed by atoms with van der Waals surface area (Å²) >= 11 is 0. The van der Waals surface area contributed by atoms with Crippen LogP contribution in [0.3, 0.4) is 0 Å². The number of aromatic nitrogens is 1. The highest BCUT2D eigenvalue weighted by atomic mass is 16.1. The van der Waals surface area contributed by atoms with Crippen LogP contribution in [-0.2, 0) is 6.42 Å². The molecule has 78 valence electrons. The van der Waals surface area contributed by atoms with Gasteiger partial charge in [0, 0.05) is 11.8 Å². The highest BCUT2D eigenvalue weighted by Crippen LogP contribution is 2.32.